The van der Waals surface area contributed by atoms with Gasteiger partial charge in [-0.1, -0.05) is 19.0 Å². The third kappa shape index (κ3) is 4.20. The Kier molecular flexibility index (Phi) is 5.30. The van der Waals surface area contributed by atoms with Crippen LogP contribution < -0.4 is 10.6 Å². The predicted molar refractivity (Wildman–Crippen MR) is 102 cm³/mol. The minimum atomic E-state index is -0.287. The molecule has 0 bridgehead atoms. The number of aromatic nitrogens is 2. The second kappa shape index (κ2) is 7.82. The van der Waals surface area contributed by atoms with Gasteiger partial charge < -0.3 is 15.2 Å². The van der Waals surface area contributed by atoms with Crippen molar-refractivity contribution in [2.75, 3.05) is 10.6 Å². The lowest BCUT2D eigenvalue weighted by atomic mass is 10.0. The lowest BCUT2D eigenvalue weighted by Gasteiger charge is -2.08. The van der Waals surface area contributed by atoms with Crippen molar-refractivity contribution in [2.45, 2.75) is 26.7 Å². The number of hydrogen-bond donors (Lipinski definition) is 2. The van der Waals surface area contributed by atoms with Crippen LogP contribution in [0.4, 0.5) is 11.4 Å². The molecule has 1 aromatic carbocycles. The van der Waals surface area contributed by atoms with Crippen molar-refractivity contribution >= 4 is 23.2 Å². The monoisotopic (exact) mass is 364 g/mol. The van der Waals surface area contributed by atoms with Crippen LogP contribution in [-0.4, -0.2) is 22.0 Å². The summed E-state index contributed by atoms with van der Waals surface area (Å²) in [4.78, 5) is 28.8. The molecule has 0 atom stereocenters. The molecule has 3 aromatic rings. The van der Waals surface area contributed by atoms with Gasteiger partial charge in [0.2, 0.25) is 0 Å². The lowest BCUT2D eigenvalue weighted by Crippen LogP contribution is -2.15. The van der Waals surface area contributed by atoms with Gasteiger partial charge in [0.05, 0.1) is 17.6 Å². The summed E-state index contributed by atoms with van der Waals surface area (Å²) in [7, 11) is 0. The summed E-state index contributed by atoms with van der Waals surface area (Å²) >= 11 is 0. The Hall–Kier alpha value is -3.48. The number of pyridine rings is 1. The standard InChI is InChI=1S/C20H20N4O3/c1-12(2)18-17(13(3)24-27-18)20(26)22-15-8-6-14(7-9-15)19(25)23-16-5-4-10-21-11-16/h4-12H,1-3H3,(H,22,26)(H,23,25). The summed E-state index contributed by atoms with van der Waals surface area (Å²) in [6.45, 7) is 5.61. The SMILES string of the molecule is Cc1noc(C(C)C)c1C(=O)Nc1ccc(C(=O)Nc2cccnc2)cc1. The minimum Gasteiger partial charge on any atom is -0.360 e. The van der Waals surface area contributed by atoms with Crippen molar-refractivity contribution < 1.29 is 14.1 Å². The molecule has 0 aliphatic rings. The van der Waals surface area contributed by atoms with E-state index in [4.69, 9.17) is 4.52 Å². The summed E-state index contributed by atoms with van der Waals surface area (Å²) < 4.78 is 5.25. The van der Waals surface area contributed by atoms with Gasteiger partial charge in [-0.25, -0.2) is 0 Å². The van der Waals surface area contributed by atoms with Gasteiger partial charge in [-0.05, 0) is 43.3 Å². The summed E-state index contributed by atoms with van der Waals surface area (Å²) in [5.41, 5.74) is 2.66. The Morgan fingerprint density at radius 3 is 2.33 bits per heavy atom. The molecule has 7 nitrogen and oxygen atoms in total. The maximum atomic E-state index is 12.6. The highest BCUT2D eigenvalue weighted by Gasteiger charge is 2.22. The average molecular weight is 364 g/mol. The van der Waals surface area contributed by atoms with Gasteiger partial charge in [0, 0.05) is 23.4 Å². The molecule has 27 heavy (non-hydrogen) atoms. The van der Waals surface area contributed by atoms with Crippen molar-refractivity contribution in [3.05, 3.63) is 71.4 Å². The fourth-order valence-electron chi connectivity index (χ4n) is 2.60. The number of amides is 2. The Bertz CT molecular complexity index is 947. The van der Waals surface area contributed by atoms with Crippen LogP contribution in [0.3, 0.4) is 0 Å². The van der Waals surface area contributed by atoms with Gasteiger partial charge in [0.1, 0.15) is 5.56 Å². The van der Waals surface area contributed by atoms with E-state index in [0.717, 1.165) is 0 Å². The van der Waals surface area contributed by atoms with Crippen molar-refractivity contribution in [1.29, 1.82) is 0 Å². The normalized spacial score (nSPS) is 10.7. The number of hydrogen-bond acceptors (Lipinski definition) is 5. The zero-order chi connectivity index (χ0) is 19.4. The van der Waals surface area contributed by atoms with Crippen LogP contribution >= 0.6 is 0 Å². The molecule has 0 aliphatic carbocycles. The second-order valence-electron chi connectivity index (χ2n) is 6.39. The summed E-state index contributed by atoms with van der Waals surface area (Å²) in [6.07, 6.45) is 3.20. The second-order valence-corrected chi connectivity index (χ2v) is 6.39. The fourth-order valence-corrected chi connectivity index (χ4v) is 2.60. The number of aryl methyl sites for hydroxylation is 1. The molecule has 2 aromatic heterocycles. The highest BCUT2D eigenvalue weighted by atomic mass is 16.5. The summed E-state index contributed by atoms with van der Waals surface area (Å²) in [5, 5.41) is 9.46. The smallest absolute Gasteiger partial charge is 0.261 e. The Balaban J connectivity index is 1.70. The first-order valence-electron chi connectivity index (χ1n) is 8.54. The van der Waals surface area contributed by atoms with Crippen LogP contribution in [0.2, 0.25) is 0 Å². The molecule has 0 aliphatic heterocycles. The lowest BCUT2D eigenvalue weighted by molar-refractivity contribution is 0.101. The van der Waals surface area contributed by atoms with Gasteiger partial charge in [-0.3, -0.25) is 14.6 Å². The van der Waals surface area contributed by atoms with Crippen LogP contribution in [0.15, 0.2) is 53.3 Å². The number of nitrogens with zero attached hydrogens (tertiary/aromatic N) is 2. The maximum absolute atomic E-state index is 12.6. The van der Waals surface area contributed by atoms with E-state index < -0.39 is 0 Å². The number of benzene rings is 1. The number of carbonyl (C=O) groups is 2. The molecular weight excluding hydrogens is 344 g/mol. The van der Waals surface area contributed by atoms with E-state index in [-0.39, 0.29) is 17.7 Å². The first-order valence-corrected chi connectivity index (χ1v) is 8.54. The van der Waals surface area contributed by atoms with Gasteiger partial charge in [0.25, 0.3) is 11.8 Å². The Labute approximate surface area is 156 Å². The van der Waals surface area contributed by atoms with Crippen molar-refractivity contribution in [1.82, 2.24) is 10.1 Å². The van der Waals surface area contributed by atoms with Crippen LogP contribution in [0, 0.1) is 6.92 Å². The predicted octanol–water partition coefficient (Wildman–Crippen LogP) is 4.01. The number of anilines is 2. The molecule has 3 rings (SSSR count). The molecule has 0 radical (unpaired) electrons. The van der Waals surface area contributed by atoms with E-state index in [9.17, 15) is 9.59 Å². The van der Waals surface area contributed by atoms with Gasteiger partial charge in [-0.15, -0.1) is 0 Å². The molecule has 7 heteroatoms. The topological polar surface area (TPSA) is 97.1 Å². The molecule has 0 saturated carbocycles. The largest absolute Gasteiger partial charge is 0.360 e. The van der Waals surface area contributed by atoms with Gasteiger partial charge in [0.15, 0.2) is 5.76 Å². The number of nitrogens with one attached hydrogen (secondary N) is 2. The molecule has 0 fully saturated rings. The zero-order valence-corrected chi connectivity index (χ0v) is 15.3. The highest BCUT2D eigenvalue weighted by Crippen LogP contribution is 2.23. The van der Waals surface area contributed by atoms with E-state index in [1.54, 1.807) is 55.7 Å². The third-order valence-electron chi connectivity index (χ3n) is 3.96. The van der Waals surface area contributed by atoms with E-state index in [1.807, 2.05) is 13.8 Å². The molecule has 2 heterocycles. The Morgan fingerprint density at radius 1 is 1.00 bits per heavy atom. The molecule has 2 N–H and O–H groups in total. The first kappa shape index (κ1) is 18.3. The van der Waals surface area contributed by atoms with E-state index in [2.05, 4.69) is 20.8 Å². The van der Waals surface area contributed by atoms with Crippen molar-refractivity contribution in [2.24, 2.45) is 0 Å². The summed E-state index contributed by atoms with van der Waals surface area (Å²) in [5.74, 6) is 0.0610. The molecule has 0 saturated heterocycles. The molecular formula is C20H20N4O3. The Morgan fingerprint density at radius 2 is 1.70 bits per heavy atom. The van der Waals surface area contributed by atoms with E-state index in [1.165, 1.54) is 0 Å². The maximum Gasteiger partial charge on any atom is 0.261 e. The van der Waals surface area contributed by atoms with Crippen LogP contribution in [0.5, 0.6) is 0 Å². The van der Waals surface area contributed by atoms with Gasteiger partial charge in [-0.2, -0.15) is 0 Å². The van der Waals surface area contributed by atoms with E-state index in [0.29, 0.717) is 34.0 Å². The van der Waals surface area contributed by atoms with Crippen LogP contribution in [0.1, 0.15) is 51.9 Å². The third-order valence-corrected chi connectivity index (χ3v) is 3.96. The molecule has 0 spiro atoms. The molecule has 2 amide bonds. The van der Waals surface area contributed by atoms with Crippen molar-refractivity contribution in [3.63, 3.8) is 0 Å². The number of carbonyl (C=O) groups excluding carboxylic acids is 2. The quantitative estimate of drug-likeness (QED) is 0.713. The minimum absolute atomic E-state index is 0.0468. The van der Waals surface area contributed by atoms with E-state index >= 15 is 0 Å². The molecule has 138 valence electrons. The highest BCUT2D eigenvalue weighted by molar-refractivity contribution is 6.07. The first-order chi connectivity index (χ1) is 13.0. The van der Waals surface area contributed by atoms with Crippen molar-refractivity contribution in [3.8, 4) is 0 Å². The number of rotatable bonds is 5. The fraction of sp³-hybridized carbons (Fsp3) is 0.200. The summed E-state index contributed by atoms with van der Waals surface area (Å²) in [6, 6.07) is 10.1. The van der Waals surface area contributed by atoms with Crippen LogP contribution in [0.25, 0.3) is 0 Å². The van der Waals surface area contributed by atoms with Gasteiger partial charge >= 0.3 is 0 Å². The van der Waals surface area contributed by atoms with Crippen LogP contribution in [-0.2, 0) is 0 Å². The average Bonchev–Trinajstić information content (AvgIpc) is 3.05. The zero-order valence-electron chi connectivity index (χ0n) is 15.3. The molecule has 0 unspecified atom stereocenters.